The first-order valence-corrected chi connectivity index (χ1v) is 10.0. The van der Waals surface area contributed by atoms with Crippen molar-refractivity contribution in [3.8, 4) is 11.5 Å². The fraction of sp³-hybridized carbons (Fsp3) is 0.227. The van der Waals surface area contributed by atoms with Gasteiger partial charge in [0, 0.05) is 5.39 Å². The number of methoxy groups -OCH3 is 2. The van der Waals surface area contributed by atoms with Crippen LogP contribution in [0.15, 0.2) is 52.6 Å². The van der Waals surface area contributed by atoms with E-state index in [4.69, 9.17) is 9.47 Å². The lowest BCUT2D eigenvalue weighted by atomic mass is 10.1. The van der Waals surface area contributed by atoms with Gasteiger partial charge in [0.2, 0.25) is 5.91 Å². The summed E-state index contributed by atoms with van der Waals surface area (Å²) in [5, 5.41) is 5.97. The third-order valence-corrected chi connectivity index (χ3v) is 5.30. The Hall–Kier alpha value is -3.06. The normalized spacial score (nSPS) is 11.0. The highest BCUT2D eigenvalue weighted by atomic mass is 32.2. The molecule has 7 heteroatoms. The summed E-state index contributed by atoms with van der Waals surface area (Å²) in [5.74, 6) is 1.27. The molecule has 2 aromatic carbocycles. The zero-order chi connectivity index (χ0) is 20.8. The number of aryl methyl sites for hydroxylation is 2. The Balaban J connectivity index is 1.60. The largest absolute Gasteiger partial charge is 0.493 e. The molecule has 0 fully saturated rings. The predicted octanol–water partition coefficient (Wildman–Crippen LogP) is 4.11. The third kappa shape index (κ3) is 5.06. The second-order valence-electron chi connectivity index (χ2n) is 6.44. The van der Waals surface area contributed by atoms with Crippen LogP contribution in [0.2, 0.25) is 0 Å². The molecule has 0 spiro atoms. The van der Waals surface area contributed by atoms with Crippen LogP contribution in [0, 0.1) is 13.8 Å². The van der Waals surface area contributed by atoms with Crippen LogP contribution in [-0.4, -0.2) is 37.1 Å². The van der Waals surface area contributed by atoms with Crippen LogP contribution in [-0.2, 0) is 4.79 Å². The van der Waals surface area contributed by atoms with Gasteiger partial charge in [-0.2, -0.15) is 5.10 Å². The number of aromatic nitrogens is 1. The topological polar surface area (TPSA) is 72.8 Å². The van der Waals surface area contributed by atoms with Crippen molar-refractivity contribution in [3.63, 3.8) is 0 Å². The molecule has 29 heavy (non-hydrogen) atoms. The maximum absolute atomic E-state index is 12.1. The Labute approximate surface area is 174 Å². The van der Waals surface area contributed by atoms with E-state index >= 15 is 0 Å². The summed E-state index contributed by atoms with van der Waals surface area (Å²) in [6.45, 7) is 4.10. The van der Waals surface area contributed by atoms with Gasteiger partial charge in [0.1, 0.15) is 0 Å². The number of nitrogens with one attached hydrogen (secondary N) is 1. The number of amides is 1. The molecule has 1 heterocycles. The molecule has 0 aliphatic heterocycles. The van der Waals surface area contributed by atoms with Crippen LogP contribution in [0.25, 0.3) is 10.9 Å². The highest BCUT2D eigenvalue weighted by Crippen LogP contribution is 2.27. The zero-order valence-corrected chi connectivity index (χ0v) is 17.7. The number of fused-ring (bicyclic) bond motifs is 1. The van der Waals surface area contributed by atoms with Gasteiger partial charge in [-0.25, -0.2) is 10.4 Å². The van der Waals surface area contributed by atoms with Gasteiger partial charge in [0.25, 0.3) is 0 Å². The number of carbonyl (C=O) groups is 1. The maximum Gasteiger partial charge on any atom is 0.250 e. The molecule has 150 valence electrons. The standard InChI is InChI=1S/C22H23N3O3S/c1-14-6-5-7-17-15(2)10-21(24-22(14)17)29-13-20(26)25-23-12-16-8-9-18(27-3)19(11-16)28-4/h5-12H,13H2,1-4H3,(H,25,26)/b23-12+. The zero-order valence-electron chi connectivity index (χ0n) is 16.9. The minimum Gasteiger partial charge on any atom is -0.493 e. The van der Waals surface area contributed by atoms with Gasteiger partial charge in [0.05, 0.1) is 36.7 Å². The van der Waals surface area contributed by atoms with E-state index in [1.54, 1.807) is 32.6 Å². The van der Waals surface area contributed by atoms with Gasteiger partial charge in [-0.05, 0) is 54.8 Å². The summed E-state index contributed by atoms with van der Waals surface area (Å²) in [6, 6.07) is 13.5. The number of ether oxygens (including phenoxy) is 2. The molecule has 0 saturated carbocycles. The van der Waals surface area contributed by atoms with Crippen molar-refractivity contribution in [2.75, 3.05) is 20.0 Å². The fourth-order valence-electron chi connectivity index (χ4n) is 2.89. The van der Waals surface area contributed by atoms with E-state index in [2.05, 4.69) is 28.5 Å². The van der Waals surface area contributed by atoms with E-state index in [9.17, 15) is 4.79 Å². The Kier molecular flexibility index (Phi) is 6.72. The molecule has 0 saturated heterocycles. The molecule has 0 bridgehead atoms. The molecule has 0 aliphatic rings. The number of thioether (sulfide) groups is 1. The molecular weight excluding hydrogens is 386 g/mol. The summed E-state index contributed by atoms with van der Waals surface area (Å²) in [5.41, 5.74) is 6.57. The van der Waals surface area contributed by atoms with Crippen LogP contribution in [0.1, 0.15) is 16.7 Å². The first-order valence-electron chi connectivity index (χ1n) is 9.05. The van der Waals surface area contributed by atoms with Gasteiger partial charge in [-0.3, -0.25) is 4.79 Å². The first kappa shape index (κ1) is 20.7. The van der Waals surface area contributed by atoms with Crippen LogP contribution in [0.3, 0.4) is 0 Å². The lowest BCUT2D eigenvalue weighted by Gasteiger charge is -2.08. The van der Waals surface area contributed by atoms with Crippen LogP contribution >= 0.6 is 11.8 Å². The second-order valence-corrected chi connectivity index (χ2v) is 7.44. The van der Waals surface area contributed by atoms with Crippen LogP contribution < -0.4 is 14.9 Å². The molecule has 0 atom stereocenters. The summed E-state index contributed by atoms with van der Waals surface area (Å²) in [7, 11) is 3.15. The van der Waals surface area contributed by atoms with E-state index in [0.29, 0.717) is 11.5 Å². The van der Waals surface area contributed by atoms with Gasteiger partial charge < -0.3 is 9.47 Å². The second kappa shape index (κ2) is 9.43. The summed E-state index contributed by atoms with van der Waals surface area (Å²) >= 11 is 1.39. The highest BCUT2D eigenvalue weighted by Gasteiger charge is 2.08. The highest BCUT2D eigenvalue weighted by molar-refractivity contribution is 7.99. The van der Waals surface area contributed by atoms with Crippen molar-refractivity contribution in [3.05, 3.63) is 59.2 Å². The molecule has 0 unspecified atom stereocenters. The van der Waals surface area contributed by atoms with Gasteiger partial charge in [-0.1, -0.05) is 30.0 Å². The van der Waals surface area contributed by atoms with Crippen molar-refractivity contribution in [2.45, 2.75) is 18.9 Å². The van der Waals surface area contributed by atoms with Crippen LogP contribution in [0.5, 0.6) is 11.5 Å². The minimum absolute atomic E-state index is 0.198. The van der Waals surface area contributed by atoms with E-state index in [1.807, 2.05) is 31.2 Å². The average molecular weight is 410 g/mol. The van der Waals surface area contributed by atoms with Crippen molar-refractivity contribution in [1.82, 2.24) is 10.4 Å². The Morgan fingerprint density at radius 2 is 1.90 bits per heavy atom. The molecular formula is C22H23N3O3S. The number of hydrogen-bond acceptors (Lipinski definition) is 6. The molecule has 1 amide bonds. The maximum atomic E-state index is 12.1. The lowest BCUT2D eigenvalue weighted by Crippen LogP contribution is -2.19. The number of benzene rings is 2. The minimum atomic E-state index is -0.198. The first-order chi connectivity index (χ1) is 14.0. The third-order valence-electron chi connectivity index (χ3n) is 4.39. The number of pyridine rings is 1. The molecule has 6 nitrogen and oxygen atoms in total. The number of para-hydroxylation sites is 1. The molecule has 0 aliphatic carbocycles. The quantitative estimate of drug-likeness (QED) is 0.361. The average Bonchev–Trinajstić information content (AvgIpc) is 2.73. The molecule has 1 aromatic heterocycles. The van der Waals surface area contributed by atoms with E-state index < -0.39 is 0 Å². The van der Waals surface area contributed by atoms with Crippen molar-refractivity contribution >= 4 is 34.8 Å². The van der Waals surface area contributed by atoms with Gasteiger partial charge in [-0.15, -0.1) is 0 Å². The SMILES string of the molecule is COc1ccc(/C=N/NC(=O)CSc2cc(C)c3cccc(C)c3n2)cc1OC. The molecule has 1 N–H and O–H groups in total. The number of hydrazone groups is 1. The molecule has 0 radical (unpaired) electrons. The Bertz CT molecular complexity index is 1070. The Morgan fingerprint density at radius 1 is 1.10 bits per heavy atom. The van der Waals surface area contributed by atoms with Gasteiger partial charge >= 0.3 is 0 Å². The monoisotopic (exact) mass is 409 g/mol. The van der Waals surface area contributed by atoms with E-state index in [1.165, 1.54) is 11.8 Å². The molecule has 3 aromatic rings. The van der Waals surface area contributed by atoms with Crippen LogP contribution in [0.4, 0.5) is 0 Å². The predicted molar refractivity (Wildman–Crippen MR) is 117 cm³/mol. The fourth-order valence-corrected chi connectivity index (χ4v) is 3.65. The summed E-state index contributed by atoms with van der Waals surface area (Å²) in [4.78, 5) is 16.8. The summed E-state index contributed by atoms with van der Waals surface area (Å²) in [6.07, 6.45) is 1.56. The van der Waals surface area contributed by atoms with Crippen molar-refractivity contribution in [1.29, 1.82) is 0 Å². The van der Waals surface area contributed by atoms with E-state index in [-0.39, 0.29) is 11.7 Å². The Morgan fingerprint density at radius 3 is 2.66 bits per heavy atom. The molecule has 3 rings (SSSR count). The van der Waals surface area contributed by atoms with Crippen molar-refractivity contribution in [2.24, 2.45) is 5.10 Å². The number of hydrogen-bond donors (Lipinski definition) is 1. The van der Waals surface area contributed by atoms with Crippen molar-refractivity contribution < 1.29 is 14.3 Å². The summed E-state index contributed by atoms with van der Waals surface area (Å²) < 4.78 is 10.5. The smallest absolute Gasteiger partial charge is 0.250 e. The lowest BCUT2D eigenvalue weighted by molar-refractivity contribution is -0.118. The van der Waals surface area contributed by atoms with Gasteiger partial charge in [0.15, 0.2) is 11.5 Å². The number of nitrogens with zero attached hydrogens (tertiary/aromatic N) is 2. The number of carbonyl (C=O) groups excluding carboxylic acids is 1. The van der Waals surface area contributed by atoms with E-state index in [0.717, 1.165) is 32.6 Å². The number of rotatable bonds is 7.